The van der Waals surface area contributed by atoms with Gasteiger partial charge in [0, 0.05) is 24.5 Å². The maximum atomic E-state index is 4.39. The molecule has 3 nitrogen and oxygen atoms in total. The molecule has 2 aliphatic heterocycles. The number of rotatable bonds is 1. The Balaban J connectivity index is 1.94. The molecule has 2 aliphatic rings. The van der Waals surface area contributed by atoms with Crippen LogP contribution in [0.3, 0.4) is 0 Å². The zero-order valence-corrected chi connectivity index (χ0v) is 8.69. The van der Waals surface area contributed by atoms with E-state index in [9.17, 15) is 0 Å². The van der Waals surface area contributed by atoms with Crippen LogP contribution in [0.5, 0.6) is 0 Å². The third-order valence-electron chi connectivity index (χ3n) is 3.35. The molecular formula is C12H15N3. The lowest BCUT2D eigenvalue weighted by Gasteiger charge is -2.13. The van der Waals surface area contributed by atoms with Gasteiger partial charge < -0.3 is 5.32 Å². The SMILES string of the molecule is C1=C(c2cnccn2)[C@H]2CCC(CC1)N2. The fourth-order valence-corrected chi connectivity index (χ4v) is 2.61. The summed E-state index contributed by atoms with van der Waals surface area (Å²) in [4.78, 5) is 8.53. The maximum absolute atomic E-state index is 4.39. The highest BCUT2D eigenvalue weighted by atomic mass is 15.0. The van der Waals surface area contributed by atoms with Gasteiger partial charge in [-0.2, -0.15) is 0 Å². The van der Waals surface area contributed by atoms with Crippen molar-refractivity contribution in [2.75, 3.05) is 0 Å². The summed E-state index contributed by atoms with van der Waals surface area (Å²) in [5.41, 5.74) is 2.39. The number of aromatic nitrogens is 2. The normalized spacial score (nSPS) is 29.7. The molecule has 0 saturated carbocycles. The van der Waals surface area contributed by atoms with E-state index >= 15 is 0 Å². The van der Waals surface area contributed by atoms with Crippen molar-refractivity contribution in [1.29, 1.82) is 0 Å². The zero-order chi connectivity index (χ0) is 10.1. The molecule has 3 heterocycles. The quantitative estimate of drug-likeness (QED) is 0.752. The Morgan fingerprint density at radius 3 is 3.07 bits per heavy atom. The second-order valence-corrected chi connectivity index (χ2v) is 4.32. The van der Waals surface area contributed by atoms with E-state index < -0.39 is 0 Å². The predicted molar refractivity (Wildman–Crippen MR) is 59.2 cm³/mol. The number of nitrogens with one attached hydrogen (secondary N) is 1. The Morgan fingerprint density at radius 2 is 2.20 bits per heavy atom. The molecule has 0 amide bonds. The number of allylic oxidation sites excluding steroid dienone is 1. The Bertz CT molecular complexity index is 372. The molecule has 1 N–H and O–H groups in total. The minimum Gasteiger partial charge on any atom is -0.307 e. The number of fused-ring (bicyclic) bond motifs is 2. The van der Waals surface area contributed by atoms with E-state index in [1.54, 1.807) is 12.4 Å². The maximum Gasteiger partial charge on any atom is 0.0857 e. The average molecular weight is 201 g/mol. The molecule has 1 fully saturated rings. The van der Waals surface area contributed by atoms with Crippen molar-refractivity contribution in [3.63, 3.8) is 0 Å². The molecule has 2 bridgehead atoms. The van der Waals surface area contributed by atoms with Gasteiger partial charge in [0.05, 0.1) is 11.9 Å². The lowest BCUT2D eigenvalue weighted by molar-refractivity contribution is 0.559. The van der Waals surface area contributed by atoms with E-state index in [0.29, 0.717) is 6.04 Å². The van der Waals surface area contributed by atoms with Crippen molar-refractivity contribution in [3.05, 3.63) is 30.4 Å². The van der Waals surface area contributed by atoms with Crippen LogP contribution >= 0.6 is 0 Å². The molecule has 1 aromatic heterocycles. The van der Waals surface area contributed by atoms with Crippen LogP contribution in [-0.4, -0.2) is 22.1 Å². The van der Waals surface area contributed by atoms with Gasteiger partial charge in [0.1, 0.15) is 0 Å². The van der Waals surface area contributed by atoms with Crippen LogP contribution < -0.4 is 5.32 Å². The molecule has 1 saturated heterocycles. The van der Waals surface area contributed by atoms with Gasteiger partial charge in [0.2, 0.25) is 0 Å². The van der Waals surface area contributed by atoms with Crippen molar-refractivity contribution < 1.29 is 0 Å². The lowest BCUT2D eigenvalue weighted by atomic mass is 9.98. The third-order valence-corrected chi connectivity index (χ3v) is 3.35. The Hall–Kier alpha value is -1.22. The second-order valence-electron chi connectivity index (χ2n) is 4.32. The Labute approximate surface area is 89.6 Å². The molecule has 0 spiro atoms. The van der Waals surface area contributed by atoms with Crippen LogP contribution in [0.2, 0.25) is 0 Å². The first-order valence-electron chi connectivity index (χ1n) is 5.66. The highest BCUT2D eigenvalue weighted by Crippen LogP contribution is 2.30. The van der Waals surface area contributed by atoms with Crippen molar-refractivity contribution in [2.45, 2.75) is 37.8 Å². The van der Waals surface area contributed by atoms with E-state index in [0.717, 1.165) is 11.7 Å². The van der Waals surface area contributed by atoms with Gasteiger partial charge in [-0.3, -0.25) is 9.97 Å². The van der Waals surface area contributed by atoms with Crippen LogP contribution in [0.4, 0.5) is 0 Å². The molecule has 2 atom stereocenters. The van der Waals surface area contributed by atoms with Crippen LogP contribution in [0.15, 0.2) is 24.7 Å². The highest BCUT2D eigenvalue weighted by Gasteiger charge is 2.29. The van der Waals surface area contributed by atoms with E-state index in [1.807, 2.05) is 6.20 Å². The second kappa shape index (κ2) is 3.74. The van der Waals surface area contributed by atoms with Gasteiger partial charge in [-0.1, -0.05) is 6.08 Å². The van der Waals surface area contributed by atoms with E-state index in [1.165, 1.54) is 31.3 Å². The minimum atomic E-state index is 0.509. The fourth-order valence-electron chi connectivity index (χ4n) is 2.61. The standard InChI is InChI=1S/C12H15N3/c1-2-9-4-5-11(15-9)10(3-1)12-8-13-6-7-14-12/h3,6-9,11,15H,1-2,4-5H2/t9?,11-/m1/s1. The minimum absolute atomic E-state index is 0.509. The zero-order valence-electron chi connectivity index (χ0n) is 8.69. The molecule has 0 aromatic carbocycles. The van der Waals surface area contributed by atoms with Crippen molar-refractivity contribution >= 4 is 5.57 Å². The van der Waals surface area contributed by atoms with E-state index in [-0.39, 0.29) is 0 Å². The van der Waals surface area contributed by atoms with Gasteiger partial charge in [-0.15, -0.1) is 0 Å². The summed E-state index contributed by atoms with van der Waals surface area (Å²) >= 11 is 0. The summed E-state index contributed by atoms with van der Waals surface area (Å²) in [5, 5.41) is 3.67. The smallest absolute Gasteiger partial charge is 0.0857 e. The topological polar surface area (TPSA) is 37.8 Å². The summed E-state index contributed by atoms with van der Waals surface area (Å²) in [5.74, 6) is 0. The van der Waals surface area contributed by atoms with Crippen LogP contribution in [-0.2, 0) is 0 Å². The number of hydrogen-bond donors (Lipinski definition) is 1. The van der Waals surface area contributed by atoms with Crippen LogP contribution in [0.25, 0.3) is 5.57 Å². The monoisotopic (exact) mass is 201 g/mol. The summed E-state index contributed by atoms with van der Waals surface area (Å²) in [7, 11) is 0. The molecule has 3 heteroatoms. The van der Waals surface area contributed by atoms with Gasteiger partial charge in [0.25, 0.3) is 0 Å². The first-order valence-corrected chi connectivity index (χ1v) is 5.66. The Kier molecular flexibility index (Phi) is 2.25. The number of nitrogens with zero attached hydrogens (tertiary/aromatic N) is 2. The first kappa shape index (κ1) is 9.04. The summed E-state index contributed by atoms with van der Waals surface area (Å²) in [6.45, 7) is 0. The molecule has 0 aliphatic carbocycles. The summed E-state index contributed by atoms with van der Waals surface area (Å²) < 4.78 is 0. The van der Waals surface area contributed by atoms with Gasteiger partial charge >= 0.3 is 0 Å². The molecule has 1 unspecified atom stereocenters. The highest BCUT2D eigenvalue weighted by molar-refractivity contribution is 5.67. The van der Waals surface area contributed by atoms with Crippen molar-refractivity contribution in [2.24, 2.45) is 0 Å². The lowest BCUT2D eigenvalue weighted by Crippen LogP contribution is -2.28. The predicted octanol–water partition coefficient (Wildman–Crippen LogP) is 1.77. The molecule has 0 radical (unpaired) electrons. The molecular weight excluding hydrogens is 186 g/mol. The Morgan fingerprint density at radius 1 is 1.20 bits per heavy atom. The van der Waals surface area contributed by atoms with E-state index in [2.05, 4.69) is 21.4 Å². The summed E-state index contributed by atoms with van der Waals surface area (Å²) in [6, 6.07) is 1.23. The van der Waals surface area contributed by atoms with E-state index in [4.69, 9.17) is 0 Å². The van der Waals surface area contributed by atoms with Gasteiger partial charge in [0.15, 0.2) is 0 Å². The average Bonchev–Trinajstić information content (AvgIpc) is 2.61. The van der Waals surface area contributed by atoms with Gasteiger partial charge in [-0.05, 0) is 31.3 Å². The molecule has 78 valence electrons. The summed E-state index contributed by atoms with van der Waals surface area (Å²) in [6.07, 6.45) is 12.7. The molecule has 15 heavy (non-hydrogen) atoms. The van der Waals surface area contributed by atoms with Crippen molar-refractivity contribution in [1.82, 2.24) is 15.3 Å². The van der Waals surface area contributed by atoms with Crippen LogP contribution in [0.1, 0.15) is 31.4 Å². The fraction of sp³-hybridized carbons (Fsp3) is 0.500. The van der Waals surface area contributed by atoms with Crippen LogP contribution in [0, 0.1) is 0 Å². The first-order chi connectivity index (χ1) is 7.43. The molecule has 1 aromatic rings. The largest absolute Gasteiger partial charge is 0.307 e. The molecule has 3 rings (SSSR count). The van der Waals surface area contributed by atoms with Gasteiger partial charge in [-0.25, -0.2) is 0 Å². The van der Waals surface area contributed by atoms with Crippen molar-refractivity contribution in [3.8, 4) is 0 Å². The third kappa shape index (κ3) is 1.67. The number of hydrogen-bond acceptors (Lipinski definition) is 3.